The number of carbonyl (C=O) groups excluding carboxylic acids is 1. The Morgan fingerprint density at radius 3 is 2.56 bits per heavy atom. The van der Waals surface area contributed by atoms with Gasteiger partial charge < -0.3 is 14.5 Å². The fourth-order valence-corrected chi connectivity index (χ4v) is 4.33. The molecule has 27 heavy (non-hydrogen) atoms. The van der Waals surface area contributed by atoms with Crippen molar-refractivity contribution in [2.45, 2.75) is 12.3 Å². The molecule has 3 rings (SSSR count). The van der Waals surface area contributed by atoms with Gasteiger partial charge in [-0.05, 0) is 29.3 Å². The first-order valence-electron chi connectivity index (χ1n) is 8.66. The minimum absolute atomic E-state index is 0.0960. The number of hydrogen-bond acceptors (Lipinski definition) is 5. The molecule has 1 N–H and O–H groups in total. The van der Waals surface area contributed by atoms with Gasteiger partial charge in [0, 0.05) is 25.7 Å². The molecule has 1 fully saturated rings. The van der Waals surface area contributed by atoms with Crippen LogP contribution in [0.2, 0.25) is 0 Å². The summed E-state index contributed by atoms with van der Waals surface area (Å²) in [7, 11) is -3.42. The summed E-state index contributed by atoms with van der Waals surface area (Å²) in [6, 6.07) is 10.7. The molecule has 0 unspecified atom stereocenters. The topological polar surface area (TPSA) is 88.8 Å². The summed E-state index contributed by atoms with van der Waals surface area (Å²) in [5, 5.41) is 2.77. The van der Waals surface area contributed by atoms with E-state index in [0.717, 1.165) is 5.56 Å². The second-order valence-electron chi connectivity index (χ2n) is 6.10. The van der Waals surface area contributed by atoms with Crippen molar-refractivity contribution in [1.82, 2.24) is 9.62 Å². The van der Waals surface area contributed by atoms with E-state index >= 15 is 0 Å². The van der Waals surface area contributed by atoms with Crippen LogP contribution in [0.4, 0.5) is 0 Å². The van der Waals surface area contributed by atoms with Gasteiger partial charge in [-0.15, -0.1) is 0 Å². The van der Waals surface area contributed by atoms with Crippen LogP contribution in [-0.2, 0) is 31.9 Å². The van der Waals surface area contributed by atoms with Crippen molar-refractivity contribution >= 4 is 22.0 Å². The summed E-state index contributed by atoms with van der Waals surface area (Å²) >= 11 is 0. The highest BCUT2D eigenvalue weighted by atomic mass is 32.2. The highest BCUT2D eigenvalue weighted by Crippen LogP contribution is 2.16. The van der Waals surface area contributed by atoms with Gasteiger partial charge in [-0.2, -0.15) is 4.31 Å². The molecule has 1 aromatic carbocycles. The van der Waals surface area contributed by atoms with Gasteiger partial charge in [0.1, 0.15) is 5.76 Å². The highest BCUT2D eigenvalue weighted by molar-refractivity contribution is 7.88. The normalized spacial score (nSPS) is 15.9. The predicted octanol–water partition coefficient (Wildman–Crippen LogP) is 1.77. The Bertz CT molecular complexity index is 885. The Balaban J connectivity index is 1.62. The standard InChI is InChI=1S/C19H22N2O5S/c22-19(8-7-18-6-3-11-26-18)20-14-16-4-1-2-5-17(16)15-27(23,24)21-9-12-25-13-10-21/h1-8,11H,9-10,12-15H2,(H,20,22). The number of benzene rings is 1. The number of sulfonamides is 1. The minimum Gasteiger partial charge on any atom is -0.465 e. The lowest BCUT2D eigenvalue weighted by atomic mass is 10.1. The first kappa shape index (κ1) is 19.3. The second kappa shape index (κ2) is 8.98. The predicted molar refractivity (Wildman–Crippen MR) is 101 cm³/mol. The number of ether oxygens (including phenoxy) is 1. The fourth-order valence-electron chi connectivity index (χ4n) is 2.77. The number of amides is 1. The molecule has 0 bridgehead atoms. The van der Waals surface area contributed by atoms with Crippen LogP contribution in [0.25, 0.3) is 6.08 Å². The molecule has 144 valence electrons. The summed E-state index contributed by atoms with van der Waals surface area (Å²) in [6.07, 6.45) is 4.48. The van der Waals surface area contributed by atoms with Gasteiger partial charge in [0.2, 0.25) is 15.9 Å². The molecule has 1 amide bonds. The fraction of sp³-hybridized carbons (Fsp3) is 0.316. The molecule has 1 aliphatic heterocycles. The third-order valence-electron chi connectivity index (χ3n) is 4.21. The van der Waals surface area contributed by atoms with E-state index in [4.69, 9.17) is 9.15 Å². The van der Waals surface area contributed by atoms with E-state index in [9.17, 15) is 13.2 Å². The van der Waals surface area contributed by atoms with Crippen LogP contribution in [0.1, 0.15) is 16.9 Å². The minimum atomic E-state index is -3.42. The molecule has 0 radical (unpaired) electrons. The van der Waals surface area contributed by atoms with Crippen molar-refractivity contribution in [3.05, 3.63) is 65.6 Å². The molecule has 0 saturated carbocycles. The zero-order valence-electron chi connectivity index (χ0n) is 14.8. The van der Waals surface area contributed by atoms with Crippen molar-refractivity contribution in [2.24, 2.45) is 0 Å². The van der Waals surface area contributed by atoms with E-state index in [1.165, 1.54) is 16.6 Å². The number of hydrogen-bond donors (Lipinski definition) is 1. The maximum Gasteiger partial charge on any atom is 0.244 e. The summed E-state index contributed by atoms with van der Waals surface area (Å²) in [5.41, 5.74) is 1.45. The number of nitrogens with zero attached hydrogens (tertiary/aromatic N) is 1. The molecule has 8 heteroatoms. The zero-order valence-corrected chi connectivity index (χ0v) is 15.7. The monoisotopic (exact) mass is 390 g/mol. The molecule has 0 spiro atoms. The largest absolute Gasteiger partial charge is 0.465 e. The summed E-state index contributed by atoms with van der Waals surface area (Å²) in [6.45, 7) is 1.83. The van der Waals surface area contributed by atoms with Gasteiger partial charge in [0.25, 0.3) is 0 Å². The average molecular weight is 390 g/mol. The van der Waals surface area contributed by atoms with Crippen LogP contribution >= 0.6 is 0 Å². The van der Waals surface area contributed by atoms with Crippen LogP contribution in [0.5, 0.6) is 0 Å². The van der Waals surface area contributed by atoms with Crippen LogP contribution in [0, 0.1) is 0 Å². The van der Waals surface area contributed by atoms with E-state index < -0.39 is 10.0 Å². The lowest BCUT2D eigenvalue weighted by molar-refractivity contribution is -0.116. The first-order valence-corrected chi connectivity index (χ1v) is 10.3. The van der Waals surface area contributed by atoms with Gasteiger partial charge >= 0.3 is 0 Å². The molecule has 0 atom stereocenters. The summed E-state index contributed by atoms with van der Waals surface area (Å²) < 4.78 is 37.1. The highest BCUT2D eigenvalue weighted by Gasteiger charge is 2.25. The Morgan fingerprint density at radius 2 is 1.85 bits per heavy atom. The maximum absolute atomic E-state index is 12.6. The zero-order chi connectivity index (χ0) is 19.1. The van der Waals surface area contributed by atoms with Gasteiger partial charge in [-0.3, -0.25) is 4.79 Å². The Labute approximate surface area is 158 Å². The molecular weight excluding hydrogens is 368 g/mol. The first-order chi connectivity index (χ1) is 13.0. The number of morpholine rings is 1. The molecule has 1 saturated heterocycles. The summed E-state index contributed by atoms with van der Waals surface area (Å²) in [4.78, 5) is 12.0. The SMILES string of the molecule is O=C(C=Cc1ccco1)NCc1ccccc1CS(=O)(=O)N1CCOCC1. The molecule has 1 aliphatic rings. The quantitative estimate of drug-likeness (QED) is 0.728. The number of nitrogens with one attached hydrogen (secondary N) is 1. The van der Waals surface area contributed by atoms with Crippen molar-refractivity contribution in [3.8, 4) is 0 Å². The molecule has 7 nitrogen and oxygen atoms in total. The van der Waals surface area contributed by atoms with Crippen molar-refractivity contribution in [1.29, 1.82) is 0 Å². The van der Waals surface area contributed by atoms with E-state index in [1.54, 1.807) is 30.3 Å². The van der Waals surface area contributed by atoms with Gasteiger partial charge in [0.05, 0.1) is 25.2 Å². The smallest absolute Gasteiger partial charge is 0.244 e. The number of rotatable bonds is 7. The molecular formula is C19H22N2O5S. The molecule has 2 aromatic rings. The van der Waals surface area contributed by atoms with Crippen molar-refractivity contribution in [2.75, 3.05) is 26.3 Å². The molecule has 1 aromatic heterocycles. The van der Waals surface area contributed by atoms with Gasteiger partial charge in [0.15, 0.2) is 0 Å². The average Bonchev–Trinajstić information content (AvgIpc) is 3.20. The van der Waals surface area contributed by atoms with E-state index in [-0.39, 0.29) is 18.2 Å². The third-order valence-corrected chi connectivity index (χ3v) is 6.04. The number of carbonyl (C=O) groups is 1. The summed E-state index contributed by atoms with van der Waals surface area (Å²) in [5.74, 6) is 0.209. The Morgan fingerprint density at radius 1 is 1.11 bits per heavy atom. The van der Waals surface area contributed by atoms with Crippen molar-refractivity contribution in [3.63, 3.8) is 0 Å². The lowest BCUT2D eigenvalue weighted by Crippen LogP contribution is -2.41. The van der Waals surface area contributed by atoms with E-state index in [0.29, 0.717) is 37.6 Å². The Hall–Kier alpha value is -2.42. The van der Waals surface area contributed by atoms with Gasteiger partial charge in [-0.25, -0.2) is 8.42 Å². The molecule has 2 heterocycles. The Kier molecular flexibility index (Phi) is 6.44. The van der Waals surface area contributed by atoms with Gasteiger partial charge in [-0.1, -0.05) is 24.3 Å². The maximum atomic E-state index is 12.6. The van der Waals surface area contributed by atoms with Crippen LogP contribution in [-0.4, -0.2) is 44.9 Å². The lowest BCUT2D eigenvalue weighted by Gasteiger charge is -2.26. The van der Waals surface area contributed by atoms with Crippen LogP contribution in [0.15, 0.2) is 53.2 Å². The van der Waals surface area contributed by atoms with Crippen LogP contribution in [0.3, 0.4) is 0 Å². The van der Waals surface area contributed by atoms with E-state index in [1.807, 2.05) is 12.1 Å². The van der Waals surface area contributed by atoms with E-state index in [2.05, 4.69) is 5.32 Å². The third kappa shape index (κ3) is 5.53. The van der Waals surface area contributed by atoms with Crippen molar-refractivity contribution < 1.29 is 22.4 Å². The number of furan rings is 1. The van der Waals surface area contributed by atoms with Crippen LogP contribution < -0.4 is 5.32 Å². The second-order valence-corrected chi connectivity index (χ2v) is 8.07. The molecule has 0 aliphatic carbocycles.